The average molecular weight is 410 g/mol. The van der Waals surface area contributed by atoms with Crippen LogP contribution in [0.15, 0.2) is 0 Å². The normalized spacial score (nSPS) is 35.7. The summed E-state index contributed by atoms with van der Waals surface area (Å²) in [5.74, 6) is 0.280. The Hall–Kier alpha value is -1.60. The molecule has 0 aromatic carbocycles. The molecule has 164 valence electrons. The van der Waals surface area contributed by atoms with E-state index in [1.54, 1.807) is 6.92 Å². The maximum absolute atomic E-state index is 13.3. The minimum absolute atomic E-state index is 0.0309. The largest absolute Gasteiger partial charge is 0.396 e. The van der Waals surface area contributed by atoms with Gasteiger partial charge in [0.15, 0.2) is 0 Å². The molecule has 2 aliphatic rings. The predicted octanol–water partition coefficient (Wildman–Crippen LogP) is 2.23. The lowest BCUT2D eigenvalue weighted by molar-refractivity contribution is -0.178. The summed E-state index contributed by atoms with van der Waals surface area (Å²) < 4.78 is 0. The molecule has 0 spiro atoms. The fourth-order valence-corrected chi connectivity index (χ4v) is 6.06. The van der Waals surface area contributed by atoms with Gasteiger partial charge in [0.1, 0.15) is 5.78 Å². The van der Waals surface area contributed by atoms with Crippen LogP contribution in [0.2, 0.25) is 0 Å². The van der Waals surface area contributed by atoms with Gasteiger partial charge in [0.2, 0.25) is 11.6 Å². The highest BCUT2D eigenvalue weighted by molar-refractivity contribution is 6.40. The molecule has 0 aromatic heterocycles. The van der Waals surface area contributed by atoms with Gasteiger partial charge < -0.3 is 9.94 Å². The summed E-state index contributed by atoms with van der Waals surface area (Å²) in [6.45, 7) is 7.24. The van der Waals surface area contributed by atoms with E-state index in [-0.39, 0.29) is 30.6 Å². The van der Waals surface area contributed by atoms with Gasteiger partial charge in [0.05, 0.1) is 5.92 Å². The molecular weight excluding hydrogens is 374 g/mol. The Morgan fingerprint density at radius 3 is 2.48 bits per heavy atom. The highest BCUT2D eigenvalue weighted by atomic mass is 16.7. The number of unbranched alkanes of at least 4 members (excludes halogenated alkanes) is 1. The zero-order valence-electron chi connectivity index (χ0n) is 18.0. The number of Topliss-reactive ketones (excluding diaryl/α,β-unsaturated/α-hetero) is 3. The van der Waals surface area contributed by atoms with Crippen LogP contribution >= 0.6 is 0 Å². The molecule has 7 atom stereocenters. The smallest absolute Gasteiger partial charge is 0.327 e. The van der Waals surface area contributed by atoms with Crippen molar-refractivity contribution in [3.8, 4) is 0 Å². The van der Waals surface area contributed by atoms with Crippen molar-refractivity contribution >= 4 is 23.3 Å². The van der Waals surface area contributed by atoms with Gasteiger partial charge in [-0.3, -0.25) is 19.2 Å². The molecule has 7 heteroatoms. The van der Waals surface area contributed by atoms with Gasteiger partial charge in [-0.15, -0.1) is 0 Å². The number of aliphatic hydroxyl groups excluding tert-OH is 1. The highest BCUT2D eigenvalue weighted by Gasteiger charge is 2.64. The molecule has 7 nitrogen and oxygen atoms in total. The summed E-state index contributed by atoms with van der Waals surface area (Å²) in [4.78, 5) is 56.8. The van der Waals surface area contributed by atoms with Gasteiger partial charge in [0.25, 0.3) is 0 Å². The summed E-state index contributed by atoms with van der Waals surface area (Å²) >= 11 is 0. The first-order chi connectivity index (χ1) is 13.6. The minimum atomic E-state index is -1.22. The Morgan fingerprint density at radius 2 is 1.93 bits per heavy atom. The lowest BCUT2D eigenvalue weighted by Crippen LogP contribution is -2.63. The van der Waals surface area contributed by atoms with Gasteiger partial charge >= 0.3 is 5.97 Å². The Morgan fingerprint density at radius 1 is 1.28 bits per heavy atom. The first-order valence-corrected chi connectivity index (χ1v) is 10.8. The van der Waals surface area contributed by atoms with Crippen molar-refractivity contribution in [2.45, 2.75) is 66.2 Å². The van der Waals surface area contributed by atoms with Crippen LogP contribution in [-0.2, 0) is 24.0 Å². The molecule has 0 radical (unpaired) electrons. The first-order valence-electron chi connectivity index (χ1n) is 10.8. The zero-order chi connectivity index (χ0) is 21.9. The van der Waals surface area contributed by atoms with Crippen molar-refractivity contribution in [3.63, 3.8) is 0 Å². The van der Waals surface area contributed by atoms with E-state index in [1.807, 2.05) is 20.8 Å². The Balaban J connectivity index is 2.63. The lowest BCUT2D eigenvalue weighted by atomic mass is 9.45. The maximum atomic E-state index is 13.3. The van der Waals surface area contributed by atoms with Crippen LogP contribution in [0.1, 0.15) is 66.2 Å². The number of hydrogen-bond donors (Lipinski definition) is 2. The number of rotatable bonds is 8. The Bertz CT molecular complexity index is 662. The fourth-order valence-electron chi connectivity index (χ4n) is 6.06. The molecule has 2 fully saturated rings. The van der Waals surface area contributed by atoms with Crippen molar-refractivity contribution in [2.75, 3.05) is 6.61 Å². The molecule has 0 saturated heterocycles. The van der Waals surface area contributed by atoms with Crippen LogP contribution in [0.3, 0.4) is 0 Å². The number of nitrogens with two attached hydrogens (primary N) is 1. The Labute approximate surface area is 172 Å². The molecule has 2 rings (SSSR count). The summed E-state index contributed by atoms with van der Waals surface area (Å²) in [5.41, 5.74) is -1.22. The molecule has 0 heterocycles. The monoisotopic (exact) mass is 409 g/mol. The molecule has 7 unspecified atom stereocenters. The Kier molecular flexibility index (Phi) is 7.74. The quantitative estimate of drug-likeness (QED) is 0.465. The first kappa shape index (κ1) is 23.7. The van der Waals surface area contributed by atoms with Crippen molar-refractivity contribution in [1.29, 1.82) is 0 Å². The number of fused-ring (bicyclic) bond motifs is 1. The number of ketones is 3. The molecule has 0 aliphatic heterocycles. The van der Waals surface area contributed by atoms with Crippen LogP contribution in [0, 0.1) is 40.9 Å². The van der Waals surface area contributed by atoms with Gasteiger partial charge in [-0.2, -0.15) is 5.90 Å². The van der Waals surface area contributed by atoms with Crippen LogP contribution < -0.4 is 5.90 Å². The van der Waals surface area contributed by atoms with E-state index in [4.69, 9.17) is 5.90 Å². The summed E-state index contributed by atoms with van der Waals surface area (Å²) in [6, 6.07) is 0. The molecule has 3 N–H and O–H groups in total. The maximum Gasteiger partial charge on any atom is 0.327 e. The number of carbonyl (C=O) groups is 4. The standard InChI is InChI=1S/C22H35NO6/c1-5-6-7-13(3)17-20(27)19(26)14-10-12(2)11-15(21(28)29-23)18(14)22(17,4)16(25)8-9-24/h12-15,17-18,24H,5-11,23H2,1-4H3. The second-order valence-corrected chi connectivity index (χ2v) is 9.26. The van der Waals surface area contributed by atoms with Crippen LogP contribution in [0.25, 0.3) is 0 Å². The fraction of sp³-hybridized carbons (Fsp3) is 0.818. The van der Waals surface area contributed by atoms with Crippen molar-refractivity contribution in [3.05, 3.63) is 0 Å². The van der Waals surface area contributed by atoms with Gasteiger partial charge in [-0.25, -0.2) is 0 Å². The topological polar surface area (TPSA) is 124 Å². The number of aliphatic hydroxyl groups is 1. The molecule has 0 aromatic rings. The number of carbonyl (C=O) groups excluding carboxylic acids is 4. The van der Waals surface area contributed by atoms with E-state index in [0.29, 0.717) is 19.3 Å². The third-order valence-corrected chi connectivity index (χ3v) is 7.32. The van der Waals surface area contributed by atoms with Crippen molar-refractivity contribution < 1.29 is 29.1 Å². The SMILES string of the molecule is CCCCC(C)C1C(=O)C(=O)C2CC(C)CC(C(=O)ON)C2C1(C)C(=O)CCO. The second kappa shape index (κ2) is 9.47. The minimum Gasteiger partial charge on any atom is -0.396 e. The highest BCUT2D eigenvalue weighted by Crippen LogP contribution is 2.57. The van der Waals surface area contributed by atoms with E-state index in [9.17, 15) is 24.3 Å². The van der Waals surface area contributed by atoms with Crippen LogP contribution in [0.5, 0.6) is 0 Å². The molecule has 2 saturated carbocycles. The molecular formula is C22H35NO6. The van der Waals surface area contributed by atoms with Crippen molar-refractivity contribution in [2.24, 2.45) is 46.8 Å². The molecule has 29 heavy (non-hydrogen) atoms. The second-order valence-electron chi connectivity index (χ2n) is 9.26. The zero-order valence-corrected chi connectivity index (χ0v) is 18.0. The third-order valence-electron chi connectivity index (χ3n) is 7.32. The van der Waals surface area contributed by atoms with E-state index < -0.39 is 46.6 Å². The van der Waals surface area contributed by atoms with Crippen molar-refractivity contribution in [1.82, 2.24) is 0 Å². The van der Waals surface area contributed by atoms with Gasteiger partial charge in [0, 0.05) is 30.3 Å². The summed E-state index contributed by atoms with van der Waals surface area (Å²) in [5, 5.41) is 9.44. The lowest BCUT2D eigenvalue weighted by Gasteiger charge is -2.54. The third kappa shape index (κ3) is 4.17. The van der Waals surface area contributed by atoms with E-state index >= 15 is 0 Å². The van der Waals surface area contributed by atoms with Gasteiger partial charge in [-0.1, -0.05) is 40.5 Å². The van der Waals surface area contributed by atoms with Crippen LogP contribution in [0.4, 0.5) is 0 Å². The van der Waals surface area contributed by atoms with Gasteiger partial charge in [-0.05, 0) is 37.0 Å². The predicted molar refractivity (Wildman–Crippen MR) is 106 cm³/mol. The van der Waals surface area contributed by atoms with Crippen LogP contribution in [-0.4, -0.2) is 35.0 Å². The average Bonchev–Trinajstić information content (AvgIpc) is 2.69. The summed E-state index contributed by atoms with van der Waals surface area (Å²) in [7, 11) is 0. The van der Waals surface area contributed by atoms with E-state index in [1.165, 1.54) is 0 Å². The van der Waals surface area contributed by atoms with E-state index in [0.717, 1.165) is 12.8 Å². The summed E-state index contributed by atoms with van der Waals surface area (Å²) in [6.07, 6.45) is 3.33. The number of hydrogen-bond acceptors (Lipinski definition) is 7. The molecule has 0 amide bonds. The molecule has 0 bridgehead atoms. The molecule has 2 aliphatic carbocycles. The van der Waals surface area contributed by atoms with E-state index in [2.05, 4.69) is 4.84 Å².